The molecule has 0 nitrogen and oxygen atoms in total. The van der Waals surface area contributed by atoms with E-state index in [0.29, 0.717) is 10.8 Å². The predicted octanol–water partition coefficient (Wildman–Crippen LogP) is 6.78. The second-order valence-electron chi connectivity index (χ2n) is 9.99. The fourth-order valence-electron chi connectivity index (χ4n) is 7.22. The first kappa shape index (κ1) is 16.0. The number of fused-ring (bicyclic) bond motifs is 5. The molecule has 7 atom stereocenters. The van der Waals surface area contributed by atoms with Crippen molar-refractivity contribution in [2.24, 2.45) is 40.4 Å². The van der Waals surface area contributed by atoms with Crippen LogP contribution < -0.4 is 0 Å². The zero-order chi connectivity index (χ0) is 16.4. The van der Waals surface area contributed by atoms with Crippen LogP contribution in [0.5, 0.6) is 0 Å². The van der Waals surface area contributed by atoms with Crippen LogP contribution in [0.15, 0.2) is 23.3 Å². The van der Waals surface area contributed by atoms with Gasteiger partial charge in [-0.15, -0.1) is 0 Å². The van der Waals surface area contributed by atoms with Crippen LogP contribution in [0.3, 0.4) is 0 Å². The maximum absolute atomic E-state index is 2.67. The van der Waals surface area contributed by atoms with E-state index in [1.165, 1.54) is 44.9 Å². The lowest BCUT2D eigenvalue weighted by atomic mass is 9.46. The van der Waals surface area contributed by atoms with E-state index in [-0.39, 0.29) is 0 Å². The molecule has 0 heteroatoms. The molecule has 0 aromatic carbocycles. The molecule has 4 aliphatic rings. The van der Waals surface area contributed by atoms with Gasteiger partial charge in [-0.05, 0) is 97.9 Å². The summed E-state index contributed by atoms with van der Waals surface area (Å²) in [4.78, 5) is 0. The van der Waals surface area contributed by atoms with Gasteiger partial charge in [-0.1, -0.05) is 45.4 Å². The molecular formula is C23H36. The van der Waals surface area contributed by atoms with E-state index in [4.69, 9.17) is 0 Å². The van der Waals surface area contributed by atoms with Crippen LogP contribution in [0.25, 0.3) is 0 Å². The molecule has 23 heavy (non-hydrogen) atoms. The van der Waals surface area contributed by atoms with Gasteiger partial charge in [0.05, 0.1) is 0 Å². The number of hydrogen-bond donors (Lipinski definition) is 0. The Morgan fingerprint density at radius 3 is 2.52 bits per heavy atom. The maximum Gasteiger partial charge on any atom is -0.00788 e. The lowest BCUT2D eigenvalue weighted by Crippen LogP contribution is -2.50. The first-order valence-electron chi connectivity index (χ1n) is 10.3. The molecule has 0 aliphatic heterocycles. The van der Waals surface area contributed by atoms with Gasteiger partial charge in [-0.25, -0.2) is 0 Å². The molecule has 0 aromatic heterocycles. The molecule has 0 amide bonds. The van der Waals surface area contributed by atoms with Crippen LogP contribution in [-0.2, 0) is 0 Å². The van der Waals surface area contributed by atoms with E-state index in [9.17, 15) is 0 Å². The minimum absolute atomic E-state index is 0.511. The molecule has 0 radical (unpaired) electrons. The standard InChI is InChI=1S/C23H36/c1-6-17-14-18-13-15(2)9-11-23(18,5)20-10-12-22(4)16(3)7-8-19(22)21(17)20/h6,14-16,19-21H,7-13H2,1-5H3/b17-6-. The Balaban J connectivity index is 1.79. The summed E-state index contributed by atoms with van der Waals surface area (Å²) in [6, 6.07) is 0. The summed E-state index contributed by atoms with van der Waals surface area (Å²) in [5.74, 6) is 4.53. The Hall–Kier alpha value is -0.520. The third-order valence-corrected chi connectivity index (χ3v) is 9.08. The van der Waals surface area contributed by atoms with Gasteiger partial charge in [0.2, 0.25) is 0 Å². The molecule has 0 bridgehead atoms. The summed E-state index contributed by atoms with van der Waals surface area (Å²) in [7, 11) is 0. The largest absolute Gasteiger partial charge is 0.0841 e. The van der Waals surface area contributed by atoms with Crippen LogP contribution in [0.1, 0.15) is 79.6 Å². The smallest absolute Gasteiger partial charge is 0.00788 e. The molecule has 0 aromatic rings. The highest BCUT2D eigenvalue weighted by Gasteiger charge is 2.58. The van der Waals surface area contributed by atoms with Crippen LogP contribution in [0.2, 0.25) is 0 Å². The Bertz CT molecular complexity index is 552. The first-order valence-corrected chi connectivity index (χ1v) is 10.3. The van der Waals surface area contributed by atoms with E-state index in [0.717, 1.165) is 29.6 Å². The summed E-state index contributed by atoms with van der Waals surface area (Å²) >= 11 is 0. The molecule has 128 valence electrons. The number of hydrogen-bond acceptors (Lipinski definition) is 0. The fraction of sp³-hybridized carbons (Fsp3) is 0.826. The molecular weight excluding hydrogens is 276 g/mol. The fourth-order valence-corrected chi connectivity index (χ4v) is 7.22. The third kappa shape index (κ3) is 2.09. The first-order chi connectivity index (χ1) is 10.9. The lowest BCUT2D eigenvalue weighted by molar-refractivity contribution is -0.0231. The van der Waals surface area contributed by atoms with Crippen molar-refractivity contribution in [2.45, 2.75) is 79.6 Å². The van der Waals surface area contributed by atoms with Crippen LogP contribution in [-0.4, -0.2) is 0 Å². The zero-order valence-corrected chi connectivity index (χ0v) is 16.0. The van der Waals surface area contributed by atoms with Crippen molar-refractivity contribution >= 4 is 0 Å². The van der Waals surface area contributed by atoms with Crippen molar-refractivity contribution in [3.05, 3.63) is 23.3 Å². The second-order valence-corrected chi connectivity index (χ2v) is 9.99. The summed E-state index contributed by atoms with van der Waals surface area (Å²) in [6.45, 7) is 12.5. The van der Waals surface area contributed by atoms with Gasteiger partial charge >= 0.3 is 0 Å². The molecule has 7 unspecified atom stereocenters. The highest BCUT2D eigenvalue weighted by atomic mass is 14.6. The van der Waals surface area contributed by atoms with Crippen LogP contribution in [0, 0.1) is 40.4 Å². The second kappa shape index (κ2) is 5.24. The van der Waals surface area contributed by atoms with Crippen molar-refractivity contribution in [1.29, 1.82) is 0 Å². The van der Waals surface area contributed by atoms with Crippen molar-refractivity contribution in [3.63, 3.8) is 0 Å². The SMILES string of the molecule is C/C=C1/C=C2CC(C)CCC2(C)C2CCC3(C)C(C)CCC3C12. The minimum Gasteiger partial charge on any atom is -0.0841 e. The number of rotatable bonds is 0. The van der Waals surface area contributed by atoms with Gasteiger partial charge < -0.3 is 0 Å². The molecule has 0 saturated heterocycles. The van der Waals surface area contributed by atoms with Gasteiger partial charge in [-0.3, -0.25) is 0 Å². The molecule has 4 aliphatic carbocycles. The van der Waals surface area contributed by atoms with Crippen molar-refractivity contribution in [3.8, 4) is 0 Å². The maximum atomic E-state index is 2.67. The quantitative estimate of drug-likeness (QED) is 0.462. The minimum atomic E-state index is 0.511. The van der Waals surface area contributed by atoms with Crippen LogP contribution in [0.4, 0.5) is 0 Å². The molecule has 0 spiro atoms. The van der Waals surface area contributed by atoms with E-state index in [1.807, 2.05) is 0 Å². The van der Waals surface area contributed by atoms with Crippen LogP contribution >= 0.6 is 0 Å². The lowest BCUT2D eigenvalue weighted by Gasteiger charge is -2.58. The van der Waals surface area contributed by atoms with Gasteiger partial charge in [0, 0.05) is 0 Å². The monoisotopic (exact) mass is 312 g/mol. The highest BCUT2D eigenvalue weighted by Crippen LogP contribution is 2.67. The van der Waals surface area contributed by atoms with E-state index >= 15 is 0 Å². The summed E-state index contributed by atoms with van der Waals surface area (Å²) in [5, 5.41) is 0. The highest BCUT2D eigenvalue weighted by molar-refractivity contribution is 5.38. The molecule has 0 N–H and O–H groups in total. The number of allylic oxidation sites excluding steroid dienone is 4. The van der Waals surface area contributed by atoms with Crippen molar-refractivity contribution in [1.82, 2.24) is 0 Å². The van der Waals surface area contributed by atoms with Gasteiger partial charge in [0.15, 0.2) is 0 Å². The van der Waals surface area contributed by atoms with E-state index < -0.39 is 0 Å². The van der Waals surface area contributed by atoms with Crippen molar-refractivity contribution in [2.75, 3.05) is 0 Å². The Labute approximate surface area is 143 Å². The topological polar surface area (TPSA) is 0 Å². The molecule has 4 rings (SSSR count). The average Bonchev–Trinajstić information content (AvgIpc) is 2.83. The average molecular weight is 313 g/mol. The summed E-state index contributed by atoms with van der Waals surface area (Å²) in [5.41, 5.74) is 4.64. The Morgan fingerprint density at radius 2 is 1.78 bits per heavy atom. The molecule has 3 saturated carbocycles. The Morgan fingerprint density at radius 1 is 1.00 bits per heavy atom. The summed E-state index contributed by atoms with van der Waals surface area (Å²) in [6.07, 6.45) is 15.3. The van der Waals surface area contributed by atoms with E-state index in [1.54, 1.807) is 11.1 Å². The zero-order valence-electron chi connectivity index (χ0n) is 16.0. The third-order valence-electron chi connectivity index (χ3n) is 9.08. The van der Waals surface area contributed by atoms with Gasteiger partial charge in [-0.2, -0.15) is 0 Å². The summed E-state index contributed by atoms with van der Waals surface area (Å²) < 4.78 is 0. The predicted molar refractivity (Wildman–Crippen MR) is 99.2 cm³/mol. The molecule has 3 fully saturated rings. The van der Waals surface area contributed by atoms with Gasteiger partial charge in [0.25, 0.3) is 0 Å². The van der Waals surface area contributed by atoms with E-state index in [2.05, 4.69) is 46.8 Å². The molecule has 0 heterocycles. The van der Waals surface area contributed by atoms with Gasteiger partial charge in [0.1, 0.15) is 0 Å². The van der Waals surface area contributed by atoms with Crippen molar-refractivity contribution < 1.29 is 0 Å². The Kier molecular flexibility index (Phi) is 3.64. The normalized spacial score (nSPS) is 54.2.